The van der Waals surface area contributed by atoms with Crippen LogP contribution in [0, 0.1) is 5.92 Å². The van der Waals surface area contributed by atoms with Crippen LogP contribution in [0.3, 0.4) is 0 Å². The SMILES string of the molecule is CCOC(=O)[C@@H]1[C@@H](OC(N)=O)C(=O)N(Cc2ccccc2)C12CCN(C(=O)c1ccccc1)CC2. The first-order valence-corrected chi connectivity index (χ1v) is 11.7. The van der Waals surface area contributed by atoms with Crippen LogP contribution in [0.15, 0.2) is 60.7 Å². The number of carbonyl (C=O) groups is 4. The zero-order valence-electron chi connectivity index (χ0n) is 19.6. The number of ether oxygens (including phenoxy) is 2. The largest absolute Gasteiger partial charge is 0.466 e. The van der Waals surface area contributed by atoms with Gasteiger partial charge in [-0.2, -0.15) is 0 Å². The van der Waals surface area contributed by atoms with Crippen molar-refractivity contribution in [2.24, 2.45) is 11.7 Å². The van der Waals surface area contributed by atoms with Crippen molar-refractivity contribution < 1.29 is 28.7 Å². The molecule has 2 aromatic rings. The van der Waals surface area contributed by atoms with E-state index in [0.717, 1.165) is 5.56 Å². The van der Waals surface area contributed by atoms with E-state index in [1.54, 1.807) is 41.0 Å². The molecule has 2 aromatic carbocycles. The third-order valence-corrected chi connectivity index (χ3v) is 6.83. The van der Waals surface area contributed by atoms with Gasteiger partial charge in [-0.3, -0.25) is 14.4 Å². The molecular formula is C26H29N3O6. The van der Waals surface area contributed by atoms with Crippen molar-refractivity contribution >= 4 is 23.9 Å². The first-order chi connectivity index (χ1) is 16.9. The molecule has 2 atom stereocenters. The van der Waals surface area contributed by atoms with Crippen LogP contribution < -0.4 is 5.73 Å². The smallest absolute Gasteiger partial charge is 0.405 e. The minimum absolute atomic E-state index is 0.111. The van der Waals surface area contributed by atoms with Crippen molar-refractivity contribution in [3.8, 4) is 0 Å². The molecule has 35 heavy (non-hydrogen) atoms. The Bertz CT molecular complexity index is 1080. The number of likely N-dealkylation sites (tertiary alicyclic amines) is 2. The first-order valence-electron chi connectivity index (χ1n) is 11.7. The Balaban J connectivity index is 1.68. The number of benzene rings is 2. The van der Waals surface area contributed by atoms with Crippen LogP contribution in [0.25, 0.3) is 0 Å². The monoisotopic (exact) mass is 479 g/mol. The number of carbonyl (C=O) groups excluding carboxylic acids is 4. The summed E-state index contributed by atoms with van der Waals surface area (Å²) >= 11 is 0. The molecule has 1 spiro atoms. The zero-order chi connectivity index (χ0) is 25.0. The summed E-state index contributed by atoms with van der Waals surface area (Å²) in [6.45, 7) is 2.66. The van der Waals surface area contributed by atoms with Crippen molar-refractivity contribution in [1.82, 2.24) is 9.80 Å². The zero-order valence-corrected chi connectivity index (χ0v) is 19.6. The van der Waals surface area contributed by atoms with E-state index in [4.69, 9.17) is 15.2 Å². The topological polar surface area (TPSA) is 119 Å². The van der Waals surface area contributed by atoms with E-state index in [0.29, 0.717) is 31.5 Å². The number of nitrogens with zero attached hydrogens (tertiary/aromatic N) is 2. The molecule has 2 heterocycles. The van der Waals surface area contributed by atoms with Gasteiger partial charge >= 0.3 is 12.1 Å². The summed E-state index contributed by atoms with van der Waals surface area (Å²) in [5.41, 5.74) is 5.72. The Morgan fingerprint density at radius 1 is 1.00 bits per heavy atom. The molecular weight excluding hydrogens is 450 g/mol. The molecule has 184 valence electrons. The van der Waals surface area contributed by atoms with Gasteiger partial charge in [0.15, 0.2) is 6.10 Å². The third-order valence-electron chi connectivity index (χ3n) is 6.83. The summed E-state index contributed by atoms with van der Waals surface area (Å²) in [7, 11) is 0. The van der Waals surface area contributed by atoms with Crippen molar-refractivity contribution in [3.63, 3.8) is 0 Å². The van der Waals surface area contributed by atoms with Gasteiger partial charge in [0.2, 0.25) is 0 Å². The Labute approximate surface area is 203 Å². The molecule has 0 radical (unpaired) electrons. The van der Waals surface area contributed by atoms with Crippen LogP contribution in [-0.2, 0) is 25.6 Å². The molecule has 2 fully saturated rings. The highest BCUT2D eigenvalue weighted by Crippen LogP contribution is 2.46. The quantitative estimate of drug-likeness (QED) is 0.635. The van der Waals surface area contributed by atoms with Gasteiger partial charge in [-0.25, -0.2) is 4.79 Å². The number of amides is 3. The number of esters is 1. The van der Waals surface area contributed by atoms with Gasteiger partial charge in [0.1, 0.15) is 5.92 Å². The third kappa shape index (κ3) is 4.71. The number of primary amides is 1. The molecule has 3 amide bonds. The minimum Gasteiger partial charge on any atom is -0.466 e. The van der Waals surface area contributed by atoms with Crippen LogP contribution in [0.1, 0.15) is 35.7 Å². The van der Waals surface area contributed by atoms with Gasteiger partial charge in [-0.15, -0.1) is 0 Å². The van der Waals surface area contributed by atoms with E-state index in [9.17, 15) is 19.2 Å². The van der Waals surface area contributed by atoms with Crippen molar-refractivity contribution in [3.05, 3.63) is 71.8 Å². The second-order valence-corrected chi connectivity index (χ2v) is 8.76. The summed E-state index contributed by atoms with van der Waals surface area (Å²) in [4.78, 5) is 54.8. The molecule has 9 nitrogen and oxygen atoms in total. The normalized spacial score (nSPS) is 21.1. The van der Waals surface area contributed by atoms with E-state index in [1.807, 2.05) is 36.4 Å². The van der Waals surface area contributed by atoms with Crippen molar-refractivity contribution in [2.75, 3.05) is 19.7 Å². The molecule has 0 unspecified atom stereocenters. The lowest BCUT2D eigenvalue weighted by Crippen LogP contribution is -2.58. The van der Waals surface area contributed by atoms with E-state index < -0.39 is 35.5 Å². The predicted octanol–water partition coefficient (Wildman–Crippen LogP) is 2.35. The predicted molar refractivity (Wildman–Crippen MR) is 126 cm³/mol. The molecule has 2 aliphatic heterocycles. The second-order valence-electron chi connectivity index (χ2n) is 8.76. The maximum atomic E-state index is 13.6. The lowest BCUT2D eigenvalue weighted by atomic mass is 9.75. The lowest BCUT2D eigenvalue weighted by molar-refractivity contribution is -0.156. The highest BCUT2D eigenvalue weighted by atomic mass is 16.6. The van der Waals surface area contributed by atoms with Crippen LogP contribution in [-0.4, -0.2) is 65.0 Å². The van der Waals surface area contributed by atoms with Gasteiger partial charge in [-0.05, 0) is 37.5 Å². The van der Waals surface area contributed by atoms with Gasteiger partial charge in [0, 0.05) is 25.2 Å². The van der Waals surface area contributed by atoms with Gasteiger partial charge in [-0.1, -0.05) is 48.5 Å². The molecule has 2 N–H and O–H groups in total. The Morgan fingerprint density at radius 2 is 1.60 bits per heavy atom. The molecule has 0 aliphatic carbocycles. The Kier molecular flexibility index (Phi) is 7.04. The summed E-state index contributed by atoms with van der Waals surface area (Å²) in [6, 6.07) is 18.3. The summed E-state index contributed by atoms with van der Waals surface area (Å²) in [6.07, 6.45) is -1.86. The molecule has 2 saturated heterocycles. The Morgan fingerprint density at radius 3 is 2.17 bits per heavy atom. The standard InChI is InChI=1S/C26H29N3O6/c1-2-34-24(32)20-21(35-25(27)33)23(31)29(17-18-9-5-3-6-10-18)26(20)13-15-28(16-14-26)22(30)19-11-7-4-8-12-19/h3-12,20-21H,2,13-17H2,1H3,(H2,27,33)/t20-,21+/m0/s1. The second kappa shape index (κ2) is 10.2. The van der Waals surface area contributed by atoms with Crippen LogP contribution in [0.2, 0.25) is 0 Å². The fourth-order valence-electron chi connectivity index (χ4n) is 5.23. The van der Waals surface area contributed by atoms with E-state index in [-0.39, 0.29) is 19.1 Å². The van der Waals surface area contributed by atoms with Gasteiger partial charge in [0.05, 0.1) is 12.1 Å². The molecule has 2 aliphatic rings. The molecule has 9 heteroatoms. The van der Waals surface area contributed by atoms with Gasteiger partial charge in [0.25, 0.3) is 11.8 Å². The maximum Gasteiger partial charge on any atom is 0.405 e. The van der Waals surface area contributed by atoms with Crippen molar-refractivity contribution in [2.45, 2.75) is 38.0 Å². The fraction of sp³-hybridized carbons (Fsp3) is 0.385. The summed E-state index contributed by atoms with van der Waals surface area (Å²) in [5.74, 6) is -2.28. The average molecular weight is 480 g/mol. The van der Waals surface area contributed by atoms with Crippen LogP contribution in [0.4, 0.5) is 4.79 Å². The van der Waals surface area contributed by atoms with Gasteiger partial charge < -0.3 is 25.0 Å². The molecule has 4 rings (SSSR count). The molecule has 0 bridgehead atoms. The molecule has 0 aromatic heterocycles. The summed E-state index contributed by atoms with van der Waals surface area (Å²) in [5, 5.41) is 0. The van der Waals surface area contributed by atoms with Crippen molar-refractivity contribution in [1.29, 1.82) is 0 Å². The highest BCUT2D eigenvalue weighted by molar-refractivity contribution is 5.96. The fourth-order valence-corrected chi connectivity index (χ4v) is 5.23. The molecule has 0 saturated carbocycles. The number of piperidine rings is 1. The Hall–Kier alpha value is -3.88. The number of hydrogen-bond acceptors (Lipinski definition) is 6. The maximum absolute atomic E-state index is 13.6. The number of rotatable bonds is 6. The van der Waals surface area contributed by atoms with Crippen LogP contribution >= 0.6 is 0 Å². The summed E-state index contributed by atoms with van der Waals surface area (Å²) < 4.78 is 10.5. The highest BCUT2D eigenvalue weighted by Gasteiger charge is 2.64. The van der Waals surface area contributed by atoms with Crippen LogP contribution in [0.5, 0.6) is 0 Å². The average Bonchev–Trinajstić information content (AvgIpc) is 3.07. The lowest BCUT2D eigenvalue weighted by Gasteiger charge is -2.46. The number of nitrogens with two attached hydrogens (primary N) is 1. The number of hydrogen-bond donors (Lipinski definition) is 1. The van der Waals surface area contributed by atoms with E-state index in [1.165, 1.54) is 0 Å². The minimum atomic E-state index is -1.38. The first kappa shape index (κ1) is 24.3. The van der Waals surface area contributed by atoms with E-state index in [2.05, 4.69) is 0 Å². The van der Waals surface area contributed by atoms with E-state index >= 15 is 0 Å².